The van der Waals surface area contributed by atoms with Gasteiger partial charge in [0, 0.05) is 0 Å². The molecule has 0 amide bonds. The molecule has 19 heavy (non-hydrogen) atoms. The van der Waals surface area contributed by atoms with Crippen molar-refractivity contribution in [2.45, 2.75) is 0 Å². The molecular formula is C15H11NO3. The number of nitrogens with zero attached hydrogens (tertiary/aromatic N) is 1. The number of methoxy groups -OCH3 is 1. The number of carbonyl (C=O) groups is 1. The topological polar surface area (TPSA) is 47.9 Å². The van der Waals surface area contributed by atoms with Gasteiger partial charge in [0.25, 0.3) is 0 Å². The molecule has 0 fully saturated rings. The largest absolute Gasteiger partial charge is 0.497 e. The van der Waals surface area contributed by atoms with Crippen molar-refractivity contribution in [3.05, 3.63) is 59.7 Å². The number of esters is 1. The smallest absolute Gasteiger partial charge is 0.345 e. The SMILES string of the molecule is COc1ccc(/N=C2\OC(=O)c3ccccc32)cc1. The molecule has 0 atom stereocenters. The van der Waals surface area contributed by atoms with Crippen molar-refractivity contribution >= 4 is 17.6 Å². The lowest BCUT2D eigenvalue weighted by Gasteiger charge is -2.00. The van der Waals surface area contributed by atoms with Crippen molar-refractivity contribution in [3.63, 3.8) is 0 Å². The van der Waals surface area contributed by atoms with Gasteiger partial charge in [0.2, 0.25) is 5.90 Å². The molecule has 4 heteroatoms. The number of aliphatic imine (C=N–C) groups is 1. The zero-order valence-corrected chi connectivity index (χ0v) is 10.3. The highest BCUT2D eigenvalue weighted by Crippen LogP contribution is 2.24. The lowest BCUT2D eigenvalue weighted by molar-refractivity contribution is 0.0737. The summed E-state index contributed by atoms with van der Waals surface area (Å²) >= 11 is 0. The zero-order chi connectivity index (χ0) is 13.2. The van der Waals surface area contributed by atoms with Crippen LogP contribution in [0.15, 0.2) is 53.5 Å². The van der Waals surface area contributed by atoms with Crippen LogP contribution in [0.5, 0.6) is 5.75 Å². The third-order valence-electron chi connectivity index (χ3n) is 2.87. The summed E-state index contributed by atoms with van der Waals surface area (Å²) in [5.74, 6) is 0.737. The summed E-state index contributed by atoms with van der Waals surface area (Å²) < 4.78 is 10.3. The van der Waals surface area contributed by atoms with E-state index in [0.717, 1.165) is 11.3 Å². The van der Waals surface area contributed by atoms with E-state index < -0.39 is 0 Å². The molecule has 0 aliphatic carbocycles. The van der Waals surface area contributed by atoms with Crippen LogP contribution in [-0.4, -0.2) is 19.0 Å². The monoisotopic (exact) mass is 253 g/mol. The summed E-state index contributed by atoms with van der Waals surface area (Å²) in [6, 6.07) is 14.4. The summed E-state index contributed by atoms with van der Waals surface area (Å²) in [7, 11) is 1.61. The Bertz CT molecular complexity index is 659. The van der Waals surface area contributed by atoms with E-state index in [9.17, 15) is 4.79 Å². The Kier molecular flexibility index (Phi) is 2.76. The second-order valence-electron chi connectivity index (χ2n) is 4.05. The van der Waals surface area contributed by atoms with Gasteiger partial charge < -0.3 is 9.47 Å². The van der Waals surface area contributed by atoms with Crippen LogP contribution in [0.1, 0.15) is 15.9 Å². The Morgan fingerprint density at radius 3 is 2.37 bits per heavy atom. The van der Waals surface area contributed by atoms with E-state index in [0.29, 0.717) is 17.1 Å². The van der Waals surface area contributed by atoms with E-state index in [1.807, 2.05) is 24.3 Å². The van der Waals surface area contributed by atoms with Crippen LogP contribution in [0.4, 0.5) is 5.69 Å². The van der Waals surface area contributed by atoms with Crippen LogP contribution in [0.3, 0.4) is 0 Å². The normalized spacial score (nSPS) is 15.2. The molecule has 0 unspecified atom stereocenters. The summed E-state index contributed by atoms with van der Waals surface area (Å²) in [6.07, 6.45) is 0. The van der Waals surface area contributed by atoms with Crippen LogP contribution < -0.4 is 4.74 Å². The first-order valence-electron chi connectivity index (χ1n) is 5.82. The molecule has 0 N–H and O–H groups in total. The van der Waals surface area contributed by atoms with E-state index in [2.05, 4.69) is 4.99 Å². The van der Waals surface area contributed by atoms with Crippen LogP contribution in [0.25, 0.3) is 0 Å². The molecule has 2 aromatic carbocycles. The molecule has 3 rings (SSSR count). The predicted octanol–water partition coefficient (Wildman–Crippen LogP) is 2.94. The van der Waals surface area contributed by atoms with Crippen LogP contribution in [0, 0.1) is 0 Å². The molecule has 0 radical (unpaired) electrons. The highest BCUT2D eigenvalue weighted by atomic mass is 16.5. The van der Waals surface area contributed by atoms with Crippen LogP contribution in [0.2, 0.25) is 0 Å². The Morgan fingerprint density at radius 2 is 1.68 bits per heavy atom. The summed E-state index contributed by atoms with van der Waals surface area (Å²) in [4.78, 5) is 16.0. The van der Waals surface area contributed by atoms with E-state index in [4.69, 9.17) is 9.47 Å². The van der Waals surface area contributed by atoms with Crippen molar-refractivity contribution in [2.75, 3.05) is 7.11 Å². The lowest BCUT2D eigenvalue weighted by Crippen LogP contribution is -1.99. The maximum Gasteiger partial charge on any atom is 0.345 e. The second kappa shape index (κ2) is 4.57. The number of rotatable bonds is 2. The molecule has 4 nitrogen and oxygen atoms in total. The van der Waals surface area contributed by atoms with Gasteiger partial charge in [-0.2, -0.15) is 0 Å². The molecule has 1 aliphatic heterocycles. The Morgan fingerprint density at radius 1 is 1.00 bits per heavy atom. The Balaban J connectivity index is 1.98. The number of carbonyl (C=O) groups excluding carboxylic acids is 1. The standard InChI is InChI=1S/C15H11NO3/c1-18-11-8-6-10(7-9-11)16-14-12-4-2-3-5-13(12)15(17)19-14/h2-9H,1H3/b16-14-. The summed E-state index contributed by atoms with van der Waals surface area (Å²) in [5, 5.41) is 0. The van der Waals surface area contributed by atoms with E-state index in [1.54, 1.807) is 31.4 Å². The van der Waals surface area contributed by atoms with Gasteiger partial charge in [-0.05, 0) is 36.4 Å². The quantitative estimate of drug-likeness (QED) is 0.773. The maximum absolute atomic E-state index is 11.6. The average Bonchev–Trinajstić information content (AvgIpc) is 2.77. The van der Waals surface area contributed by atoms with Gasteiger partial charge in [-0.25, -0.2) is 9.79 Å². The van der Waals surface area contributed by atoms with Gasteiger partial charge in [0.15, 0.2) is 0 Å². The highest BCUT2D eigenvalue weighted by molar-refractivity contribution is 6.17. The number of ether oxygens (including phenoxy) is 2. The number of cyclic esters (lactones) is 1. The molecule has 2 aromatic rings. The Labute approximate surface area is 110 Å². The molecule has 0 bridgehead atoms. The van der Waals surface area contributed by atoms with Crippen molar-refractivity contribution in [2.24, 2.45) is 4.99 Å². The zero-order valence-electron chi connectivity index (χ0n) is 10.3. The van der Waals surface area contributed by atoms with E-state index >= 15 is 0 Å². The minimum absolute atomic E-state index is 0.339. The van der Waals surface area contributed by atoms with E-state index in [1.165, 1.54) is 0 Å². The van der Waals surface area contributed by atoms with E-state index in [-0.39, 0.29) is 5.97 Å². The number of hydrogen-bond acceptors (Lipinski definition) is 4. The molecule has 0 saturated heterocycles. The highest BCUT2D eigenvalue weighted by Gasteiger charge is 2.27. The fraction of sp³-hybridized carbons (Fsp3) is 0.0667. The molecule has 1 heterocycles. The summed E-state index contributed by atoms with van der Waals surface area (Å²) in [5.41, 5.74) is 1.98. The maximum atomic E-state index is 11.6. The van der Waals surface area contributed by atoms with Gasteiger partial charge in [0.1, 0.15) is 5.75 Å². The van der Waals surface area contributed by atoms with Crippen molar-refractivity contribution in [3.8, 4) is 5.75 Å². The van der Waals surface area contributed by atoms with Gasteiger partial charge in [-0.1, -0.05) is 12.1 Å². The molecule has 1 aliphatic rings. The van der Waals surface area contributed by atoms with Gasteiger partial charge in [-0.15, -0.1) is 0 Å². The van der Waals surface area contributed by atoms with Crippen LogP contribution in [-0.2, 0) is 4.74 Å². The Hall–Kier alpha value is -2.62. The lowest BCUT2D eigenvalue weighted by atomic mass is 10.1. The van der Waals surface area contributed by atoms with Gasteiger partial charge in [-0.3, -0.25) is 0 Å². The van der Waals surface area contributed by atoms with Gasteiger partial charge >= 0.3 is 5.97 Å². The fourth-order valence-corrected chi connectivity index (χ4v) is 1.90. The first-order valence-corrected chi connectivity index (χ1v) is 5.82. The molecule has 94 valence electrons. The minimum atomic E-state index is -0.358. The third kappa shape index (κ3) is 2.08. The van der Waals surface area contributed by atoms with Gasteiger partial charge in [0.05, 0.1) is 23.9 Å². The third-order valence-corrected chi connectivity index (χ3v) is 2.87. The van der Waals surface area contributed by atoms with Crippen molar-refractivity contribution in [1.82, 2.24) is 0 Å². The molecule has 0 saturated carbocycles. The van der Waals surface area contributed by atoms with Crippen molar-refractivity contribution in [1.29, 1.82) is 0 Å². The number of benzene rings is 2. The average molecular weight is 253 g/mol. The van der Waals surface area contributed by atoms with Crippen LogP contribution >= 0.6 is 0 Å². The fourth-order valence-electron chi connectivity index (χ4n) is 1.90. The summed E-state index contributed by atoms with van der Waals surface area (Å²) in [6.45, 7) is 0. The number of hydrogen-bond donors (Lipinski definition) is 0. The predicted molar refractivity (Wildman–Crippen MR) is 71.0 cm³/mol. The molecular weight excluding hydrogens is 242 g/mol. The molecule has 0 aromatic heterocycles. The molecule has 0 spiro atoms. The number of fused-ring (bicyclic) bond motifs is 1. The first kappa shape index (κ1) is 11.5. The first-order chi connectivity index (χ1) is 9.28. The van der Waals surface area contributed by atoms with Crippen molar-refractivity contribution < 1.29 is 14.3 Å². The second-order valence-corrected chi connectivity index (χ2v) is 4.05. The minimum Gasteiger partial charge on any atom is -0.497 e.